The van der Waals surface area contributed by atoms with E-state index in [9.17, 15) is 4.79 Å². The molecule has 0 saturated carbocycles. The van der Waals surface area contributed by atoms with Crippen molar-refractivity contribution >= 4 is 13.2 Å². The highest BCUT2D eigenvalue weighted by Crippen LogP contribution is 2.60. The number of hydrogen-bond donors (Lipinski definition) is 0. The Bertz CT molecular complexity index is 284. The molecular formula is C19H39ClNOP. The zero-order valence-corrected chi connectivity index (χ0v) is 17.4. The van der Waals surface area contributed by atoms with Crippen LogP contribution in [0.15, 0.2) is 0 Å². The number of piperidine rings is 1. The smallest absolute Gasteiger partial charge is 0.260 e. The number of nitrogens with zero attached hydrogens (tertiary/aromatic N) is 1. The summed E-state index contributed by atoms with van der Waals surface area (Å²) in [5, 5.41) is 0. The van der Waals surface area contributed by atoms with E-state index in [4.69, 9.17) is 0 Å². The fourth-order valence-electron chi connectivity index (χ4n) is 3.58. The molecule has 1 aliphatic heterocycles. The van der Waals surface area contributed by atoms with Crippen molar-refractivity contribution in [2.24, 2.45) is 0 Å². The Balaban J connectivity index is 0.00000484. The molecule has 138 valence electrons. The van der Waals surface area contributed by atoms with Gasteiger partial charge in [-0.1, -0.05) is 40.0 Å². The lowest BCUT2D eigenvalue weighted by Gasteiger charge is -2.32. The average Bonchev–Trinajstić information content (AvgIpc) is 2.56. The van der Waals surface area contributed by atoms with Crippen LogP contribution in [0.1, 0.15) is 78.6 Å². The number of unbranched alkanes of at least 4 members (excludes halogenated alkanes) is 3. The Labute approximate surface area is 151 Å². The lowest BCUT2D eigenvalue weighted by Crippen LogP contribution is -3.00. The van der Waals surface area contributed by atoms with Gasteiger partial charge in [0.2, 0.25) is 0 Å². The van der Waals surface area contributed by atoms with Gasteiger partial charge in [0.15, 0.2) is 0 Å². The molecular weight excluding hydrogens is 325 g/mol. The van der Waals surface area contributed by atoms with Crippen molar-refractivity contribution in [2.45, 2.75) is 78.6 Å². The molecule has 2 nitrogen and oxygen atoms in total. The lowest BCUT2D eigenvalue weighted by molar-refractivity contribution is -0.129. The van der Waals surface area contributed by atoms with Gasteiger partial charge in [-0.25, -0.2) is 0 Å². The molecule has 1 amide bonds. The molecule has 1 fully saturated rings. The third-order valence-corrected chi connectivity index (χ3v) is 9.87. The maximum Gasteiger partial charge on any atom is 0.260 e. The summed E-state index contributed by atoms with van der Waals surface area (Å²) < 4.78 is 0. The number of amides is 1. The van der Waals surface area contributed by atoms with E-state index in [-0.39, 0.29) is 12.4 Å². The standard InChI is InChI=1S/C19H39NOP.ClH/c1-4-7-15-22(16-8-5-2,17-9-6-3)18-19(21)20-13-11-10-12-14-20;/h4-18H2,1-3H3;1H/q+1;/p-1. The van der Waals surface area contributed by atoms with Crippen LogP contribution in [0.5, 0.6) is 0 Å². The predicted molar refractivity (Wildman–Crippen MR) is 102 cm³/mol. The van der Waals surface area contributed by atoms with E-state index in [0.717, 1.165) is 19.3 Å². The maximum atomic E-state index is 12.9. The van der Waals surface area contributed by atoms with Gasteiger partial charge in [0, 0.05) is 20.4 Å². The second-order valence-electron chi connectivity index (χ2n) is 7.17. The lowest BCUT2D eigenvalue weighted by atomic mass is 10.1. The summed E-state index contributed by atoms with van der Waals surface area (Å²) in [5.74, 6) is 0.497. The van der Waals surface area contributed by atoms with Crippen LogP contribution in [0.25, 0.3) is 0 Å². The van der Waals surface area contributed by atoms with Crippen LogP contribution in [0.3, 0.4) is 0 Å². The number of carbonyl (C=O) groups is 1. The number of halogens is 1. The van der Waals surface area contributed by atoms with E-state index in [1.807, 2.05) is 0 Å². The molecule has 1 saturated heterocycles. The van der Waals surface area contributed by atoms with Crippen molar-refractivity contribution in [3.8, 4) is 0 Å². The van der Waals surface area contributed by atoms with Crippen molar-refractivity contribution in [3.63, 3.8) is 0 Å². The molecule has 1 rings (SSSR count). The van der Waals surface area contributed by atoms with Crippen molar-refractivity contribution in [1.82, 2.24) is 4.90 Å². The molecule has 1 aliphatic rings. The number of likely N-dealkylation sites (tertiary alicyclic amines) is 1. The zero-order valence-electron chi connectivity index (χ0n) is 15.8. The summed E-state index contributed by atoms with van der Waals surface area (Å²) >= 11 is 0. The minimum Gasteiger partial charge on any atom is -1.00 e. The molecule has 0 atom stereocenters. The topological polar surface area (TPSA) is 20.3 Å². The van der Waals surface area contributed by atoms with Crippen LogP contribution < -0.4 is 12.4 Å². The number of rotatable bonds is 11. The quantitative estimate of drug-likeness (QED) is 0.516. The minimum absolute atomic E-state index is 0. The number of hydrogen-bond acceptors (Lipinski definition) is 1. The second kappa shape index (κ2) is 13.5. The summed E-state index contributed by atoms with van der Waals surface area (Å²) in [6, 6.07) is 0. The molecule has 0 aromatic rings. The van der Waals surface area contributed by atoms with E-state index in [1.54, 1.807) is 0 Å². The van der Waals surface area contributed by atoms with E-state index in [1.165, 1.54) is 76.3 Å². The summed E-state index contributed by atoms with van der Waals surface area (Å²) in [7, 11) is -1.06. The molecule has 0 unspecified atom stereocenters. The Morgan fingerprint density at radius 2 is 1.26 bits per heavy atom. The van der Waals surface area contributed by atoms with Crippen molar-refractivity contribution in [3.05, 3.63) is 0 Å². The molecule has 0 aromatic carbocycles. The molecule has 0 spiro atoms. The summed E-state index contributed by atoms with van der Waals surface area (Å²) in [5.41, 5.74) is 0. The van der Waals surface area contributed by atoms with Crippen molar-refractivity contribution < 1.29 is 17.2 Å². The molecule has 0 radical (unpaired) electrons. The van der Waals surface area contributed by atoms with Crippen molar-refractivity contribution in [2.75, 3.05) is 37.7 Å². The normalized spacial score (nSPS) is 15.3. The van der Waals surface area contributed by atoms with Crippen LogP contribution in [0, 0.1) is 0 Å². The van der Waals surface area contributed by atoms with Gasteiger partial charge in [0.25, 0.3) is 5.91 Å². The van der Waals surface area contributed by atoms with Crippen LogP contribution in [-0.2, 0) is 4.79 Å². The first kappa shape index (κ1) is 23.2. The van der Waals surface area contributed by atoms with Crippen LogP contribution in [0.4, 0.5) is 0 Å². The van der Waals surface area contributed by atoms with Gasteiger partial charge in [-0.3, -0.25) is 4.79 Å². The molecule has 0 aromatic heterocycles. The first-order valence-electron chi connectivity index (χ1n) is 9.80. The summed E-state index contributed by atoms with van der Waals surface area (Å²) in [6.45, 7) is 8.92. The highest BCUT2D eigenvalue weighted by Gasteiger charge is 2.39. The Kier molecular flexibility index (Phi) is 13.6. The highest BCUT2D eigenvalue weighted by molar-refractivity contribution is 7.76. The fourth-order valence-corrected chi connectivity index (χ4v) is 8.46. The summed E-state index contributed by atoms with van der Waals surface area (Å²) in [6.07, 6.45) is 16.6. The largest absolute Gasteiger partial charge is 1.00 e. The number of carbonyl (C=O) groups excluding carboxylic acids is 1. The second-order valence-corrected chi connectivity index (χ2v) is 11.5. The molecule has 1 heterocycles. The monoisotopic (exact) mass is 363 g/mol. The van der Waals surface area contributed by atoms with Gasteiger partial charge in [0.1, 0.15) is 6.16 Å². The first-order chi connectivity index (χ1) is 10.7. The molecule has 0 bridgehead atoms. The van der Waals surface area contributed by atoms with Gasteiger partial charge in [-0.05, 0) is 38.5 Å². The SMILES string of the molecule is CCCC[P+](CCCC)(CCCC)CC(=O)N1CCCCC1.[Cl-]. The van der Waals surface area contributed by atoms with E-state index in [2.05, 4.69) is 25.7 Å². The van der Waals surface area contributed by atoms with Gasteiger partial charge in [-0.15, -0.1) is 0 Å². The van der Waals surface area contributed by atoms with E-state index >= 15 is 0 Å². The van der Waals surface area contributed by atoms with Crippen LogP contribution in [0.2, 0.25) is 0 Å². The van der Waals surface area contributed by atoms with E-state index < -0.39 is 7.26 Å². The minimum atomic E-state index is -1.06. The van der Waals surface area contributed by atoms with Crippen molar-refractivity contribution in [1.29, 1.82) is 0 Å². The first-order valence-corrected chi connectivity index (χ1v) is 12.3. The van der Waals surface area contributed by atoms with Gasteiger partial charge < -0.3 is 17.3 Å². The highest BCUT2D eigenvalue weighted by atomic mass is 35.5. The molecule has 0 N–H and O–H groups in total. The van der Waals surface area contributed by atoms with Gasteiger partial charge in [-0.2, -0.15) is 0 Å². The Hall–Kier alpha value is 0.190. The zero-order chi connectivity index (χ0) is 16.3. The maximum absolute atomic E-state index is 12.9. The fraction of sp³-hybridized carbons (Fsp3) is 0.947. The third kappa shape index (κ3) is 8.73. The average molecular weight is 364 g/mol. The van der Waals surface area contributed by atoms with Gasteiger partial charge >= 0.3 is 0 Å². The molecule has 23 heavy (non-hydrogen) atoms. The summed E-state index contributed by atoms with van der Waals surface area (Å²) in [4.78, 5) is 15.0. The van der Waals surface area contributed by atoms with Crippen LogP contribution >= 0.6 is 7.26 Å². The van der Waals surface area contributed by atoms with Crippen LogP contribution in [-0.4, -0.2) is 48.5 Å². The molecule has 0 aliphatic carbocycles. The Morgan fingerprint density at radius 3 is 1.65 bits per heavy atom. The Morgan fingerprint density at radius 1 is 0.826 bits per heavy atom. The van der Waals surface area contributed by atoms with Gasteiger partial charge in [0.05, 0.1) is 18.5 Å². The molecule has 4 heteroatoms. The van der Waals surface area contributed by atoms with E-state index in [0.29, 0.717) is 5.91 Å². The third-order valence-electron chi connectivity index (χ3n) is 5.14. The predicted octanol–water partition coefficient (Wildman–Crippen LogP) is 2.42.